The summed E-state index contributed by atoms with van der Waals surface area (Å²) in [7, 11) is 0. The third-order valence-electron chi connectivity index (χ3n) is 8.57. The molecule has 8 aromatic rings. The maximum Gasteiger partial charge on any atom is 0.164 e. The van der Waals surface area contributed by atoms with Crippen molar-refractivity contribution >= 4 is 28.0 Å². The molecular weight excluding hydrogens is 562 g/mol. The maximum atomic E-state index is 6.22. The first kappa shape index (κ1) is 27.4. The van der Waals surface area contributed by atoms with Crippen LogP contribution in [0.25, 0.3) is 84.4 Å². The van der Waals surface area contributed by atoms with Crippen LogP contribution in [-0.2, 0) is 0 Å². The second-order valence-corrected chi connectivity index (χ2v) is 11.3. The minimum atomic E-state index is 0.598. The maximum absolute atomic E-state index is 6.22. The van der Waals surface area contributed by atoms with Crippen LogP contribution in [0.5, 0.6) is 0 Å². The van der Waals surface area contributed by atoms with Crippen molar-refractivity contribution in [1.29, 1.82) is 0 Å². The van der Waals surface area contributed by atoms with Crippen LogP contribution in [0.1, 0.15) is 11.1 Å². The Balaban J connectivity index is 1.36. The normalized spacial score (nSPS) is 11.2. The van der Waals surface area contributed by atoms with Gasteiger partial charge in [-0.25, -0.2) is 15.0 Å². The second kappa shape index (κ2) is 11.4. The first-order valence-corrected chi connectivity index (χ1v) is 15.3. The predicted molar refractivity (Wildman–Crippen MR) is 189 cm³/mol. The highest BCUT2D eigenvalue weighted by molar-refractivity contribution is 6.11. The number of aromatic nitrogens is 3. The molecule has 0 N–H and O–H groups in total. The zero-order chi connectivity index (χ0) is 31.0. The van der Waals surface area contributed by atoms with Gasteiger partial charge in [-0.15, -0.1) is 0 Å². The van der Waals surface area contributed by atoms with Gasteiger partial charge < -0.3 is 4.42 Å². The zero-order valence-electron chi connectivity index (χ0n) is 25.3. The van der Waals surface area contributed by atoms with Gasteiger partial charge in [-0.3, -0.25) is 0 Å². The molecule has 4 nitrogen and oxygen atoms in total. The number of rotatable bonds is 6. The van der Waals surface area contributed by atoms with Crippen LogP contribution >= 0.6 is 0 Å². The third kappa shape index (κ3) is 4.68. The molecule has 0 unspecified atom stereocenters. The van der Waals surface area contributed by atoms with E-state index in [1.165, 1.54) is 11.1 Å². The SMILES string of the molecule is C=Cc1ccccc1-c1cccc(-c2ccccc2-c2nc(-c3ccccc3)nc(-c3cccc4oc5ccccc5c34)n2)c1C. The molecule has 0 saturated carbocycles. The molecule has 4 heteroatoms. The van der Waals surface area contributed by atoms with E-state index in [0.29, 0.717) is 17.5 Å². The lowest BCUT2D eigenvalue weighted by Gasteiger charge is -2.17. The van der Waals surface area contributed by atoms with E-state index in [1.54, 1.807) is 0 Å². The summed E-state index contributed by atoms with van der Waals surface area (Å²) in [6.45, 7) is 6.23. The molecule has 0 saturated heterocycles. The Morgan fingerprint density at radius 3 is 1.83 bits per heavy atom. The van der Waals surface area contributed by atoms with Crippen molar-refractivity contribution in [2.24, 2.45) is 0 Å². The molecule has 6 aromatic carbocycles. The van der Waals surface area contributed by atoms with Crippen LogP contribution in [0.4, 0.5) is 0 Å². The van der Waals surface area contributed by atoms with Gasteiger partial charge in [0.25, 0.3) is 0 Å². The summed E-state index contributed by atoms with van der Waals surface area (Å²) < 4.78 is 6.22. The van der Waals surface area contributed by atoms with Gasteiger partial charge in [0.2, 0.25) is 0 Å². The third-order valence-corrected chi connectivity index (χ3v) is 8.57. The van der Waals surface area contributed by atoms with Crippen molar-refractivity contribution in [3.8, 4) is 56.4 Å². The lowest BCUT2D eigenvalue weighted by Crippen LogP contribution is -2.01. The zero-order valence-corrected chi connectivity index (χ0v) is 25.3. The van der Waals surface area contributed by atoms with Crippen molar-refractivity contribution in [3.63, 3.8) is 0 Å². The molecule has 0 fully saturated rings. The molecule has 0 atom stereocenters. The first-order chi connectivity index (χ1) is 22.7. The van der Waals surface area contributed by atoms with E-state index in [-0.39, 0.29) is 0 Å². The minimum Gasteiger partial charge on any atom is -0.456 e. The number of para-hydroxylation sites is 1. The molecule has 0 spiro atoms. The molecule has 218 valence electrons. The summed E-state index contributed by atoms with van der Waals surface area (Å²) in [5.74, 6) is 1.83. The predicted octanol–water partition coefficient (Wildman–Crippen LogP) is 11.1. The number of furan rings is 1. The van der Waals surface area contributed by atoms with Crippen LogP contribution in [0.3, 0.4) is 0 Å². The monoisotopic (exact) mass is 591 g/mol. The fourth-order valence-corrected chi connectivity index (χ4v) is 6.35. The fraction of sp³-hybridized carbons (Fsp3) is 0.0238. The molecule has 2 aromatic heterocycles. The van der Waals surface area contributed by atoms with E-state index in [1.807, 2.05) is 78.9 Å². The van der Waals surface area contributed by atoms with E-state index in [0.717, 1.165) is 60.9 Å². The van der Waals surface area contributed by atoms with Crippen LogP contribution in [0, 0.1) is 6.92 Å². The van der Waals surface area contributed by atoms with Crippen molar-refractivity contribution in [1.82, 2.24) is 15.0 Å². The van der Waals surface area contributed by atoms with E-state index in [9.17, 15) is 0 Å². The first-order valence-electron chi connectivity index (χ1n) is 15.3. The number of hydrogen-bond acceptors (Lipinski definition) is 4. The highest BCUT2D eigenvalue weighted by atomic mass is 16.3. The average Bonchev–Trinajstić information content (AvgIpc) is 3.51. The van der Waals surface area contributed by atoms with Crippen molar-refractivity contribution < 1.29 is 4.42 Å². The van der Waals surface area contributed by atoms with Crippen molar-refractivity contribution in [2.45, 2.75) is 6.92 Å². The number of nitrogens with zero attached hydrogens (tertiary/aromatic N) is 3. The van der Waals surface area contributed by atoms with Crippen LogP contribution in [-0.4, -0.2) is 15.0 Å². The Kier molecular flexibility index (Phi) is 6.81. The van der Waals surface area contributed by atoms with Gasteiger partial charge in [0.1, 0.15) is 11.2 Å². The largest absolute Gasteiger partial charge is 0.456 e. The molecule has 0 aliphatic rings. The number of hydrogen-bond donors (Lipinski definition) is 0. The summed E-state index contributed by atoms with van der Waals surface area (Å²) in [5.41, 5.74) is 11.2. The van der Waals surface area contributed by atoms with Gasteiger partial charge in [0, 0.05) is 27.5 Å². The van der Waals surface area contributed by atoms with Gasteiger partial charge >= 0.3 is 0 Å². The Morgan fingerprint density at radius 1 is 0.478 bits per heavy atom. The smallest absolute Gasteiger partial charge is 0.164 e. The molecule has 0 amide bonds. The summed E-state index contributed by atoms with van der Waals surface area (Å²) in [6, 6.07) is 47.4. The molecule has 0 bridgehead atoms. The molecule has 46 heavy (non-hydrogen) atoms. The topological polar surface area (TPSA) is 51.8 Å². The van der Waals surface area contributed by atoms with E-state index in [4.69, 9.17) is 19.4 Å². The summed E-state index contributed by atoms with van der Waals surface area (Å²) >= 11 is 0. The highest BCUT2D eigenvalue weighted by Crippen LogP contribution is 2.40. The lowest BCUT2D eigenvalue weighted by atomic mass is 9.89. The number of fused-ring (bicyclic) bond motifs is 3. The molecule has 0 aliphatic heterocycles. The summed E-state index contributed by atoms with van der Waals surface area (Å²) in [6.07, 6.45) is 1.91. The highest BCUT2D eigenvalue weighted by Gasteiger charge is 2.20. The summed E-state index contributed by atoms with van der Waals surface area (Å²) in [5, 5.41) is 2.02. The standard InChI is InChI=1S/C42H29N3O/c1-3-28-15-7-8-18-32(28)30-22-13-23-31(27(30)2)33-19-9-10-20-34(33)41-43-40(29-16-5-4-6-17-29)44-42(45-41)36-24-14-26-38-39(36)35-21-11-12-25-37(35)46-38/h3-26H,1H2,2H3. The van der Waals surface area contributed by atoms with Crippen LogP contribution in [0.15, 0.2) is 151 Å². The molecular formula is C42H29N3O. The quantitative estimate of drug-likeness (QED) is 0.193. The van der Waals surface area contributed by atoms with E-state index in [2.05, 4.69) is 80.2 Å². The Labute approximate surface area is 267 Å². The van der Waals surface area contributed by atoms with Gasteiger partial charge in [-0.2, -0.15) is 0 Å². The number of benzene rings is 6. The van der Waals surface area contributed by atoms with Gasteiger partial charge in [0.15, 0.2) is 17.5 Å². The van der Waals surface area contributed by atoms with E-state index >= 15 is 0 Å². The van der Waals surface area contributed by atoms with Crippen molar-refractivity contribution in [2.75, 3.05) is 0 Å². The molecule has 0 radical (unpaired) electrons. The van der Waals surface area contributed by atoms with Gasteiger partial charge in [-0.1, -0.05) is 140 Å². The molecule has 0 aliphatic carbocycles. The lowest BCUT2D eigenvalue weighted by molar-refractivity contribution is 0.669. The minimum absolute atomic E-state index is 0.598. The Bertz CT molecular complexity index is 2410. The molecule has 8 rings (SSSR count). The van der Waals surface area contributed by atoms with Gasteiger partial charge in [0.05, 0.1) is 0 Å². The fourth-order valence-electron chi connectivity index (χ4n) is 6.35. The van der Waals surface area contributed by atoms with Crippen LogP contribution in [0.2, 0.25) is 0 Å². The van der Waals surface area contributed by atoms with Crippen molar-refractivity contribution in [3.05, 3.63) is 157 Å². The van der Waals surface area contributed by atoms with Gasteiger partial charge in [-0.05, 0) is 52.4 Å². The van der Waals surface area contributed by atoms with Crippen LogP contribution < -0.4 is 0 Å². The molecule has 2 heterocycles. The second-order valence-electron chi connectivity index (χ2n) is 11.3. The van der Waals surface area contributed by atoms with E-state index < -0.39 is 0 Å². The summed E-state index contributed by atoms with van der Waals surface area (Å²) in [4.78, 5) is 15.3. The Hall–Kier alpha value is -6.13. The average molecular weight is 592 g/mol. The Morgan fingerprint density at radius 2 is 1.02 bits per heavy atom.